The average molecular weight is 584 g/mol. The lowest BCUT2D eigenvalue weighted by Crippen LogP contribution is -2.52. The summed E-state index contributed by atoms with van der Waals surface area (Å²) in [5.74, 6) is -0.725. The van der Waals surface area contributed by atoms with E-state index in [1.807, 2.05) is 52.0 Å². The highest BCUT2D eigenvalue weighted by molar-refractivity contribution is 7.92. The summed E-state index contributed by atoms with van der Waals surface area (Å²) in [6, 6.07) is 19.8. The van der Waals surface area contributed by atoms with E-state index in [0.29, 0.717) is 23.7 Å². The van der Waals surface area contributed by atoms with Gasteiger partial charge in [-0.2, -0.15) is 0 Å². The number of carbonyl (C=O) groups is 2. The maximum absolute atomic E-state index is 14.1. The molecule has 0 aliphatic heterocycles. The van der Waals surface area contributed by atoms with Gasteiger partial charge in [-0.05, 0) is 68.7 Å². The van der Waals surface area contributed by atoms with Gasteiger partial charge in [0.15, 0.2) is 0 Å². The lowest BCUT2D eigenvalue weighted by molar-refractivity contribution is -0.140. The third kappa shape index (κ3) is 8.08. The van der Waals surface area contributed by atoms with Crippen molar-refractivity contribution in [2.75, 3.05) is 17.4 Å². The molecule has 0 saturated heterocycles. The van der Waals surface area contributed by atoms with Crippen molar-refractivity contribution >= 4 is 39.1 Å². The molecule has 0 fully saturated rings. The van der Waals surface area contributed by atoms with Crippen molar-refractivity contribution in [2.45, 2.75) is 64.4 Å². The van der Waals surface area contributed by atoms with Gasteiger partial charge in [0.25, 0.3) is 10.0 Å². The number of benzene rings is 3. The molecule has 0 aromatic heterocycles. The molecule has 0 aliphatic rings. The average Bonchev–Trinajstić information content (AvgIpc) is 2.92. The molecule has 0 radical (unpaired) electrons. The van der Waals surface area contributed by atoms with E-state index >= 15 is 0 Å². The minimum atomic E-state index is -4.14. The third-order valence-corrected chi connectivity index (χ3v) is 8.69. The summed E-state index contributed by atoms with van der Waals surface area (Å²) in [7, 11) is -4.14. The zero-order valence-corrected chi connectivity index (χ0v) is 25.1. The molecule has 0 spiro atoms. The Hall–Kier alpha value is -3.36. The summed E-state index contributed by atoms with van der Waals surface area (Å²) in [4.78, 5) is 28.8. The number of sulfonamides is 1. The Labute approximate surface area is 243 Å². The van der Waals surface area contributed by atoms with Crippen LogP contribution in [0.15, 0.2) is 77.7 Å². The van der Waals surface area contributed by atoms with Crippen LogP contribution in [0, 0.1) is 13.8 Å². The largest absolute Gasteiger partial charge is 0.354 e. The highest BCUT2D eigenvalue weighted by Crippen LogP contribution is 2.26. The summed E-state index contributed by atoms with van der Waals surface area (Å²) in [6.45, 7) is 7.96. The number of nitrogens with zero attached hydrogens (tertiary/aromatic N) is 2. The molecule has 0 unspecified atom stereocenters. The second-order valence-corrected chi connectivity index (χ2v) is 12.2. The van der Waals surface area contributed by atoms with Gasteiger partial charge in [-0.3, -0.25) is 13.9 Å². The first-order valence-electron chi connectivity index (χ1n) is 13.5. The van der Waals surface area contributed by atoms with Crippen molar-refractivity contribution in [3.05, 3.63) is 94.5 Å². The topological polar surface area (TPSA) is 86.8 Å². The van der Waals surface area contributed by atoms with Crippen molar-refractivity contribution < 1.29 is 18.0 Å². The van der Waals surface area contributed by atoms with Crippen LogP contribution in [0.5, 0.6) is 0 Å². The van der Waals surface area contributed by atoms with E-state index in [9.17, 15) is 18.0 Å². The van der Waals surface area contributed by atoms with Gasteiger partial charge in [0.2, 0.25) is 11.8 Å². The molecule has 3 aromatic rings. The zero-order valence-electron chi connectivity index (χ0n) is 23.6. The van der Waals surface area contributed by atoms with Crippen molar-refractivity contribution in [1.29, 1.82) is 0 Å². The second-order valence-electron chi connectivity index (χ2n) is 9.88. The quantitative estimate of drug-likeness (QED) is 0.255. The molecule has 0 saturated carbocycles. The Morgan fingerprint density at radius 2 is 1.60 bits per heavy atom. The predicted molar refractivity (Wildman–Crippen MR) is 161 cm³/mol. The molecule has 2 amide bonds. The number of rotatable bonds is 13. The number of carbonyl (C=O) groups excluding carboxylic acids is 2. The van der Waals surface area contributed by atoms with Crippen molar-refractivity contribution in [3.63, 3.8) is 0 Å². The minimum Gasteiger partial charge on any atom is -0.354 e. The van der Waals surface area contributed by atoms with Crippen LogP contribution >= 0.6 is 11.6 Å². The Morgan fingerprint density at radius 1 is 0.925 bits per heavy atom. The zero-order chi connectivity index (χ0) is 29.3. The summed E-state index contributed by atoms with van der Waals surface area (Å²) in [5.41, 5.74) is 3.19. The smallest absolute Gasteiger partial charge is 0.264 e. The number of hydrogen-bond donors (Lipinski definition) is 1. The van der Waals surface area contributed by atoms with Gasteiger partial charge in [-0.15, -0.1) is 0 Å². The van der Waals surface area contributed by atoms with Crippen LogP contribution in [0.3, 0.4) is 0 Å². The van der Waals surface area contributed by atoms with E-state index in [1.54, 1.807) is 24.3 Å². The van der Waals surface area contributed by atoms with Gasteiger partial charge in [-0.1, -0.05) is 79.4 Å². The van der Waals surface area contributed by atoms with Crippen molar-refractivity contribution in [2.24, 2.45) is 0 Å². The van der Waals surface area contributed by atoms with E-state index in [2.05, 4.69) is 5.32 Å². The maximum atomic E-state index is 14.1. The van der Waals surface area contributed by atoms with Gasteiger partial charge in [0, 0.05) is 18.1 Å². The lowest BCUT2D eigenvalue weighted by Gasteiger charge is -2.33. The fourth-order valence-corrected chi connectivity index (χ4v) is 5.95. The van der Waals surface area contributed by atoms with Crippen LogP contribution in [-0.2, 0) is 26.2 Å². The number of amides is 2. The molecule has 0 heterocycles. The van der Waals surface area contributed by atoms with Crippen molar-refractivity contribution in [3.8, 4) is 0 Å². The Bertz CT molecular complexity index is 1390. The van der Waals surface area contributed by atoms with Gasteiger partial charge in [-0.25, -0.2) is 8.42 Å². The fourth-order valence-electron chi connectivity index (χ4n) is 4.41. The fraction of sp³-hybridized carbons (Fsp3) is 0.355. The molecule has 40 heavy (non-hydrogen) atoms. The first kappa shape index (κ1) is 31.2. The molecule has 7 nitrogen and oxygen atoms in total. The molecular formula is C31H38ClN3O4S. The number of hydrogen-bond acceptors (Lipinski definition) is 4. The van der Waals surface area contributed by atoms with Crippen LogP contribution in [0.2, 0.25) is 5.02 Å². The van der Waals surface area contributed by atoms with Crippen LogP contribution in [0.4, 0.5) is 5.69 Å². The molecule has 9 heteroatoms. The number of nitrogens with one attached hydrogen (secondary N) is 1. The van der Waals surface area contributed by atoms with Crippen LogP contribution in [0.1, 0.15) is 49.8 Å². The third-order valence-electron chi connectivity index (χ3n) is 6.65. The van der Waals surface area contributed by atoms with E-state index in [-0.39, 0.29) is 17.3 Å². The highest BCUT2D eigenvalue weighted by atomic mass is 35.5. The van der Waals surface area contributed by atoms with E-state index in [0.717, 1.165) is 33.8 Å². The van der Waals surface area contributed by atoms with E-state index in [1.165, 1.54) is 29.2 Å². The summed E-state index contributed by atoms with van der Waals surface area (Å²) >= 11 is 6.01. The van der Waals surface area contributed by atoms with Gasteiger partial charge in [0.05, 0.1) is 10.6 Å². The van der Waals surface area contributed by atoms with Crippen LogP contribution in [0.25, 0.3) is 0 Å². The molecular weight excluding hydrogens is 546 g/mol. The van der Waals surface area contributed by atoms with E-state index < -0.39 is 28.5 Å². The Kier molecular flexibility index (Phi) is 11.2. The number of anilines is 1. The summed E-state index contributed by atoms with van der Waals surface area (Å²) < 4.78 is 28.8. The molecule has 1 N–H and O–H groups in total. The minimum absolute atomic E-state index is 0.0138. The number of unbranched alkanes of at least 4 members (excludes halogenated alkanes) is 1. The monoisotopic (exact) mass is 583 g/mol. The van der Waals surface area contributed by atoms with Gasteiger partial charge < -0.3 is 10.2 Å². The maximum Gasteiger partial charge on any atom is 0.264 e. The molecule has 3 rings (SSSR count). The molecule has 0 aliphatic carbocycles. The first-order valence-corrected chi connectivity index (χ1v) is 15.4. The molecule has 1 atom stereocenters. The van der Waals surface area contributed by atoms with Gasteiger partial charge >= 0.3 is 0 Å². The predicted octanol–water partition coefficient (Wildman–Crippen LogP) is 5.88. The summed E-state index contributed by atoms with van der Waals surface area (Å²) in [5, 5.41) is 3.35. The normalized spacial score (nSPS) is 12.0. The Morgan fingerprint density at radius 3 is 2.20 bits per heavy atom. The van der Waals surface area contributed by atoms with Gasteiger partial charge in [0.1, 0.15) is 12.6 Å². The lowest BCUT2D eigenvalue weighted by atomic mass is 10.1. The first-order chi connectivity index (χ1) is 19.1. The molecule has 3 aromatic carbocycles. The molecule has 214 valence electrons. The number of halogens is 1. The van der Waals surface area contributed by atoms with Crippen LogP contribution < -0.4 is 9.62 Å². The SMILES string of the molecule is CCCCNC(=O)[C@H](CC)N(Cc1cccc(C)c1)C(=O)CN(c1ccc(C)cc1)S(=O)(=O)c1ccc(Cl)cc1. The molecule has 0 bridgehead atoms. The summed E-state index contributed by atoms with van der Waals surface area (Å²) in [6.07, 6.45) is 2.13. The van der Waals surface area contributed by atoms with Crippen molar-refractivity contribution in [1.82, 2.24) is 10.2 Å². The standard InChI is InChI=1S/C31H38ClN3O4S/c1-5-7-19-33-31(37)29(6-2)34(21-25-10-8-9-24(4)20-25)30(36)22-35(27-15-11-23(3)12-16-27)40(38,39)28-17-13-26(32)14-18-28/h8-18,20,29H,5-7,19,21-22H2,1-4H3,(H,33,37)/t29-/m0/s1. The van der Waals surface area contributed by atoms with Crippen LogP contribution in [-0.4, -0.2) is 44.3 Å². The van der Waals surface area contributed by atoms with E-state index in [4.69, 9.17) is 11.6 Å². The number of aryl methyl sites for hydroxylation is 2. The second kappa shape index (κ2) is 14.3. The Balaban J connectivity index is 2.03. The highest BCUT2D eigenvalue weighted by Gasteiger charge is 2.33.